The average Bonchev–Trinajstić information content (AvgIpc) is 2.56. The molecule has 2 rings (SSSR count). The maximum Gasteiger partial charge on any atom is 0.124 e. The molecule has 1 aliphatic carbocycles. The molecular formula is C14H18BrFO. The molecule has 0 saturated heterocycles. The first-order chi connectivity index (χ1) is 8.25. The maximum absolute atomic E-state index is 12.9. The van der Waals surface area contributed by atoms with Crippen molar-refractivity contribution >= 4 is 15.9 Å². The lowest BCUT2D eigenvalue weighted by Crippen LogP contribution is -2.11. The predicted molar refractivity (Wildman–Crippen MR) is 70.4 cm³/mol. The van der Waals surface area contributed by atoms with E-state index in [0.29, 0.717) is 12.7 Å². The summed E-state index contributed by atoms with van der Waals surface area (Å²) in [6.45, 7) is 0.575. The normalized spacial score (nSPS) is 18.0. The summed E-state index contributed by atoms with van der Waals surface area (Å²) in [6, 6.07) is 4.76. The number of rotatable bonds is 3. The van der Waals surface area contributed by atoms with Crippen LogP contribution in [0, 0.1) is 5.82 Å². The van der Waals surface area contributed by atoms with Gasteiger partial charge in [-0.2, -0.15) is 0 Å². The van der Waals surface area contributed by atoms with Gasteiger partial charge in [-0.25, -0.2) is 4.39 Å². The molecule has 1 aromatic carbocycles. The molecule has 94 valence electrons. The highest BCUT2D eigenvalue weighted by Crippen LogP contribution is 2.23. The van der Waals surface area contributed by atoms with Gasteiger partial charge < -0.3 is 4.74 Å². The third kappa shape index (κ3) is 4.07. The summed E-state index contributed by atoms with van der Waals surface area (Å²) in [7, 11) is 0. The van der Waals surface area contributed by atoms with Crippen molar-refractivity contribution in [3.05, 3.63) is 34.1 Å². The molecule has 0 spiro atoms. The molecule has 1 aliphatic rings. The van der Waals surface area contributed by atoms with Crippen LogP contribution in [0.15, 0.2) is 22.7 Å². The Balaban J connectivity index is 1.88. The largest absolute Gasteiger partial charge is 0.374 e. The zero-order valence-electron chi connectivity index (χ0n) is 9.92. The highest BCUT2D eigenvalue weighted by molar-refractivity contribution is 9.10. The predicted octanol–water partition coefficient (Wildman–Crippen LogP) is 4.83. The molecule has 0 unspecified atom stereocenters. The van der Waals surface area contributed by atoms with Crippen LogP contribution < -0.4 is 0 Å². The fraction of sp³-hybridized carbons (Fsp3) is 0.571. The first-order valence-corrected chi connectivity index (χ1v) is 7.10. The first-order valence-electron chi connectivity index (χ1n) is 6.31. The molecule has 0 bridgehead atoms. The lowest BCUT2D eigenvalue weighted by Gasteiger charge is -2.16. The Labute approximate surface area is 110 Å². The van der Waals surface area contributed by atoms with Crippen LogP contribution in [-0.2, 0) is 11.3 Å². The van der Waals surface area contributed by atoms with Gasteiger partial charge >= 0.3 is 0 Å². The average molecular weight is 301 g/mol. The molecule has 3 heteroatoms. The van der Waals surface area contributed by atoms with E-state index in [1.165, 1.54) is 50.7 Å². The summed E-state index contributed by atoms with van der Waals surface area (Å²) in [5, 5.41) is 0. The van der Waals surface area contributed by atoms with E-state index < -0.39 is 0 Å². The number of hydrogen-bond donors (Lipinski definition) is 0. The smallest absolute Gasteiger partial charge is 0.124 e. The van der Waals surface area contributed by atoms with E-state index in [9.17, 15) is 4.39 Å². The van der Waals surface area contributed by atoms with E-state index in [1.807, 2.05) is 0 Å². The fourth-order valence-electron chi connectivity index (χ4n) is 2.25. The molecule has 0 heterocycles. The highest BCUT2D eigenvalue weighted by atomic mass is 79.9. The Bertz CT molecular complexity index is 359. The van der Waals surface area contributed by atoms with Crippen LogP contribution in [0.2, 0.25) is 0 Å². The summed E-state index contributed by atoms with van der Waals surface area (Å²) in [5.41, 5.74) is 1.02. The van der Waals surface area contributed by atoms with Crippen LogP contribution in [0.3, 0.4) is 0 Å². The quantitative estimate of drug-likeness (QED) is 0.727. The van der Waals surface area contributed by atoms with Gasteiger partial charge in [0.1, 0.15) is 5.82 Å². The van der Waals surface area contributed by atoms with Crippen molar-refractivity contribution in [2.45, 2.75) is 51.2 Å². The second kappa shape index (κ2) is 6.50. The van der Waals surface area contributed by atoms with Crippen LogP contribution in [0.1, 0.15) is 44.1 Å². The monoisotopic (exact) mass is 300 g/mol. The number of hydrogen-bond acceptors (Lipinski definition) is 1. The fourth-order valence-corrected chi connectivity index (χ4v) is 2.72. The van der Waals surface area contributed by atoms with Gasteiger partial charge in [-0.1, -0.05) is 47.7 Å². The second-order valence-corrected chi connectivity index (χ2v) is 5.51. The van der Waals surface area contributed by atoms with E-state index in [4.69, 9.17) is 4.74 Å². The lowest BCUT2D eigenvalue weighted by molar-refractivity contribution is 0.0307. The van der Waals surface area contributed by atoms with Gasteiger partial charge in [0, 0.05) is 4.47 Å². The van der Waals surface area contributed by atoms with Gasteiger partial charge in [0.05, 0.1) is 12.7 Å². The molecule has 0 aromatic heterocycles. The Morgan fingerprint density at radius 3 is 2.53 bits per heavy atom. The Morgan fingerprint density at radius 1 is 1.18 bits per heavy atom. The first kappa shape index (κ1) is 13.0. The molecule has 1 saturated carbocycles. The molecular weight excluding hydrogens is 283 g/mol. The lowest BCUT2D eigenvalue weighted by atomic mass is 10.1. The minimum Gasteiger partial charge on any atom is -0.374 e. The molecule has 0 radical (unpaired) electrons. The van der Waals surface area contributed by atoms with E-state index in [0.717, 1.165) is 10.0 Å². The van der Waals surface area contributed by atoms with Crippen LogP contribution in [-0.4, -0.2) is 6.10 Å². The van der Waals surface area contributed by atoms with Gasteiger partial charge in [-0.15, -0.1) is 0 Å². The molecule has 17 heavy (non-hydrogen) atoms. The Kier molecular flexibility index (Phi) is 4.99. The van der Waals surface area contributed by atoms with Crippen molar-refractivity contribution < 1.29 is 9.13 Å². The van der Waals surface area contributed by atoms with Gasteiger partial charge in [0.15, 0.2) is 0 Å². The summed E-state index contributed by atoms with van der Waals surface area (Å²) in [4.78, 5) is 0. The van der Waals surface area contributed by atoms with Crippen molar-refractivity contribution in [2.24, 2.45) is 0 Å². The molecule has 1 nitrogen and oxygen atoms in total. The Hall–Kier alpha value is -0.410. The standard InChI is InChI=1S/C14H18BrFO/c15-14-9-12(16)8-7-11(14)10-17-13-5-3-1-2-4-6-13/h7-9,13H,1-6,10H2. The molecule has 0 atom stereocenters. The van der Waals surface area contributed by atoms with E-state index in [-0.39, 0.29) is 5.82 Å². The summed E-state index contributed by atoms with van der Waals surface area (Å²) in [6.07, 6.45) is 7.93. The molecule has 1 aromatic rings. The van der Waals surface area contributed by atoms with E-state index in [2.05, 4.69) is 15.9 Å². The van der Waals surface area contributed by atoms with Crippen molar-refractivity contribution in [2.75, 3.05) is 0 Å². The van der Waals surface area contributed by atoms with Gasteiger partial charge in [-0.05, 0) is 30.5 Å². The zero-order valence-corrected chi connectivity index (χ0v) is 11.5. The summed E-state index contributed by atoms with van der Waals surface area (Å²) in [5.74, 6) is -0.213. The SMILES string of the molecule is Fc1ccc(COC2CCCCCC2)c(Br)c1. The molecule has 1 fully saturated rings. The van der Waals surface area contributed by atoms with E-state index >= 15 is 0 Å². The van der Waals surface area contributed by atoms with Crippen LogP contribution in [0.4, 0.5) is 4.39 Å². The zero-order chi connectivity index (χ0) is 12.1. The van der Waals surface area contributed by atoms with Crippen molar-refractivity contribution in [3.63, 3.8) is 0 Å². The second-order valence-electron chi connectivity index (χ2n) is 4.66. The van der Waals surface area contributed by atoms with E-state index in [1.54, 1.807) is 6.07 Å². The van der Waals surface area contributed by atoms with Crippen LogP contribution in [0.25, 0.3) is 0 Å². The Morgan fingerprint density at radius 2 is 1.88 bits per heavy atom. The minimum atomic E-state index is -0.213. The van der Waals surface area contributed by atoms with Gasteiger partial charge in [0.25, 0.3) is 0 Å². The third-order valence-corrected chi connectivity index (χ3v) is 4.03. The molecule has 0 N–H and O–H groups in total. The van der Waals surface area contributed by atoms with Crippen molar-refractivity contribution in [1.82, 2.24) is 0 Å². The van der Waals surface area contributed by atoms with Crippen LogP contribution in [0.5, 0.6) is 0 Å². The highest BCUT2D eigenvalue weighted by Gasteiger charge is 2.13. The summed E-state index contributed by atoms with van der Waals surface area (Å²) < 4.78 is 19.6. The van der Waals surface area contributed by atoms with Crippen LogP contribution >= 0.6 is 15.9 Å². The number of benzene rings is 1. The van der Waals surface area contributed by atoms with Crippen molar-refractivity contribution in [3.8, 4) is 0 Å². The van der Waals surface area contributed by atoms with Crippen molar-refractivity contribution in [1.29, 1.82) is 0 Å². The van der Waals surface area contributed by atoms with Gasteiger partial charge in [0.2, 0.25) is 0 Å². The number of ether oxygens (including phenoxy) is 1. The third-order valence-electron chi connectivity index (χ3n) is 3.29. The molecule has 0 amide bonds. The minimum absolute atomic E-state index is 0.213. The molecule has 0 aliphatic heterocycles. The topological polar surface area (TPSA) is 9.23 Å². The van der Waals surface area contributed by atoms with Gasteiger partial charge in [-0.3, -0.25) is 0 Å². The number of halogens is 2. The maximum atomic E-state index is 12.9. The summed E-state index contributed by atoms with van der Waals surface area (Å²) >= 11 is 3.37.